The Hall–Kier alpha value is -2.24. The highest BCUT2D eigenvalue weighted by Gasteiger charge is 2.41. The fraction of sp³-hybridized carbons (Fsp3) is 0.579. The highest BCUT2D eigenvalue weighted by Crippen LogP contribution is 2.26. The van der Waals surface area contributed by atoms with Crippen molar-refractivity contribution < 1.29 is 19.1 Å². The van der Waals surface area contributed by atoms with Gasteiger partial charge in [0.15, 0.2) is 0 Å². The van der Waals surface area contributed by atoms with E-state index < -0.39 is 17.2 Å². The van der Waals surface area contributed by atoms with Crippen LogP contribution in [0.2, 0.25) is 0 Å². The molecule has 2 amide bonds. The molecule has 1 heterocycles. The Bertz CT molecular complexity index is 597. The van der Waals surface area contributed by atoms with Crippen LogP contribution in [0.15, 0.2) is 30.3 Å². The lowest BCUT2D eigenvalue weighted by Gasteiger charge is -2.30. The second kappa shape index (κ2) is 7.76. The predicted molar refractivity (Wildman–Crippen MR) is 95.2 cm³/mol. The number of hydrogen-bond donors (Lipinski definition) is 1. The van der Waals surface area contributed by atoms with Gasteiger partial charge >= 0.3 is 12.2 Å². The first kappa shape index (κ1) is 19.1. The maximum absolute atomic E-state index is 12.3. The molecule has 2 rings (SSSR count). The first-order valence-electron chi connectivity index (χ1n) is 8.70. The zero-order chi connectivity index (χ0) is 18.5. The number of nitrogens with zero attached hydrogens (tertiary/aromatic N) is 1. The van der Waals surface area contributed by atoms with Gasteiger partial charge in [0.1, 0.15) is 12.2 Å². The number of ether oxygens (including phenoxy) is 2. The molecule has 1 aliphatic rings. The van der Waals surface area contributed by atoms with Crippen molar-refractivity contribution in [1.29, 1.82) is 0 Å². The Morgan fingerprint density at radius 2 is 1.92 bits per heavy atom. The number of rotatable bonds is 4. The van der Waals surface area contributed by atoms with E-state index in [4.69, 9.17) is 9.47 Å². The molecule has 0 radical (unpaired) electrons. The summed E-state index contributed by atoms with van der Waals surface area (Å²) in [6.07, 6.45) is 0.594. The zero-order valence-corrected chi connectivity index (χ0v) is 15.5. The van der Waals surface area contributed by atoms with Crippen molar-refractivity contribution >= 4 is 12.2 Å². The maximum Gasteiger partial charge on any atom is 0.410 e. The number of alkyl carbamates (subject to hydrolysis) is 1. The summed E-state index contributed by atoms with van der Waals surface area (Å²) in [5.41, 5.74) is -0.0660. The standard InChI is InChI=1S/C19H28N2O4/c1-5-19(20-16(22)25-18(2,3)4)11-12-21(14-19)17(23)24-13-15-9-7-6-8-10-15/h6-10H,5,11-14H2,1-4H3,(H,20,22). The quantitative estimate of drug-likeness (QED) is 0.901. The summed E-state index contributed by atoms with van der Waals surface area (Å²) in [4.78, 5) is 26.0. The molecule has 1 aromatic rings. The second-order valence-electron chi connectivity index (χ2n) is 7.47. The van der Waals surface area contributed by atoms with E-state index in [9.17, 15) is 9.59 Å². The van der Waals surface area contributed by atoms with Crippen LogP contribution in [0.5, 0.6) is 0 Å². The van der Waals surface area contributed by atoms with Gasteiger partial charge in [-0.15, -0.1) is 0 Å². The lowest BCUT2D eigenvalue weighted by Crippen LogP contribution is -2.51. The lowest BCUT2D eigenvalue weighted by atomic mass is 9.95. The molecule has 0 spiro atoms. The van der Waals surface area contributed by atoms with Gasteiger partial charge in [0, 0.05) is 13.1 Å². The molecule has 1 unspecified atom stereocenters. The topological polar surface area (TPSA) is 67.9 Å². The van der Waals surface area contributed by atoms with Gasteiger partial charge in [0.25, 0.3) is 0 Å². The van der Waals surface area contributed by atoms with Crippen LogP contribution in [-0.4, -0.2) is 41.3 Å². The SMILES string of the molecule is CCC1(NC(=O)OC(C)(C)C)CCN(C(=O)OCc2ccccc2)C1. The first-order chi connectivity index (χ1) is 11.7. The number of carbonyl (C=O) groups excluding carboxylic acids is 2. The molecule has 0 aliphatic carbocycles. The number of carbonyl (C=O) groups is 2. The largest absolute Gasteiger partial charge is 0.445 e. The van der Waals surface area contributed by atoms with Crippen molar-refractivity contribution in [3.05, 3.63) is 35.9 Å². The van der Waals surface area contributed by atoms with Gasteiger partial charge in [-0.2, -0.15) is 0 Å². The van der Waals surface area contributed by atoms with Crippen LogP contribution < -0.4 is 5.32 Å². The summed E-state index contributed by atoms with van der Waals surface area (Å²) in [5.74, 6) is 0. The predicted octanol–water partition coefficient (Wildman–Crippen LogP) is 3.70. The molecule has 1 aromatic carbocycles. The average molecular weight is 348 g/mol. The molecule has 138 valence electrons. The molecule has 0 aromatic heterocycles. The minimum atomic E-state index is -0.550. The number of amides is 2. The smallest absolute Gasteiger partial charge is 0.410 e. The van der Waals surface area contributed by atoms with Crippen LogP contribution in [0, 0.1) is 0 Å². The van der Waals surface area contributed by atoms with Crippen LogP contribution in [0.4, 0.5) is 9.59 Å². The number of nitrogens with one attached hydrogen (secondary N) is 1. The Labute approximate surface area is 149 Å². The van der Waals surface area contributed by atoms with Gasteiger partial charge in [-0.25, -0.2) is 9.59 Å². The third-order valence-electron chi connectivity index (χ3n) is 4.26. The van der Waals surface area contributed by atoms with Gasteiger partial charge in [-0.05, 0) is 39.2 Å². The highest BCUT2D eigenvalue weighted by molar-refractivity contribution is 5.71. The third kappa shape index (κ3) is 5.66. The maximum atomic E-state index is 12.3. The van der Waals surface area contributed by atoms with E-state index in [1.165, 1.54) is 0 Å². The van der Waals surface area contributed by atoms with E-state index in [2.05, 4.69) is 5.32 Å². The molecule has 1 fully saturated rings. The van der Waals surface area contributed by atoms with Crippen LogP contribution >= 0.6 is 0 Å². The normalized spacial score (nSPS) is 20.2. The zero-order valence-electron chi connectivity index (χ0n) is 15.5. The van der Waals surface area contributed by atoms with Gasteiger partial charge in [-0.3, -0.25) is 0 Å². The van der Waals surface area contributed by atoms with Crippen LogP contribution in [0.25, 0.3) is 0 Å². The number of hydrogen-bond acceptors (Lipinski definition) is 4. The number of likely N-dealkylation sites (tertiary alicyclic amines) is 1. The van der Waals surface area contributed by atoms with Crippen molar-refractivity contribution in [2.45, 2.75) is 58.3 Å². The van der Waals surface area contributed by atoms with Crippen LogP contribution in [-0.2, 0) is 16.1 Å². The Morgan fingerprint density at radius 1 is 1.24 bits per heavy atom. The van der Waals surface area contributed by atoms with Crippen molar-refractivity contribution in [2.75, 3.05) is 13.1 Å². The summed E-state index contributed by atoms with van der Waals surface area (Å²) >= 11 is 0. The number of benzene rings is 1. The molecule has 6 nitrogen and oxygen atoms in total. The molecule has 1 saturated heterocycles. The Balaban J connectivity index is 1.88. The fourth-order valence-corrected chi connectivity index (χ4v) is 2.84. The average Bonchev–Trinajstić information content (AvgIpc) is 2.96. The van der Waals surface area contributed by atoms with E-state index >= 15 is 0 Å². The second-order valence-corrected chi connectivity index (χ2v) is 7.47. The molecule has 1 aliphatic heterocycles. The van der Waals surface area contributed by atoms with Gasteiger partial charge in [0.05, 0.1) is 5.54 Å². The van der Waals surface area contributed by atoms with Crippen molar-refractivity contribution in [2.24, 2.45) is 0 Å². The van der Waals surface area contributed by atoms with Crippen LogP contribution in [0.3, 0.4) is 0 Å². The molecule has 1 atom stereocenters. The van der Waals surface area contributed by atoms with E-state index in [1.54, 1.807) is 4.90 Å². The summed E-state index contributed by atoms with van der Waals surface area (Å²) in [7, 11) is 0. The molecular weight excluding hydrogens is 320 g/mol. The van der Waals surface area contributed by atoms with Gasteiger partial charge < -0.3 is 19.7 Å². The Morgan fingerprint density at radius 3 is 2.52 bits per heavy atom. The fourth-order valence-electron chi connectivity index (χ4n) is 2.84. The van der Waals surface area contributed by atoms with Crippen LogP contribution in [0.1, 0.15) is 46.1 Å². The monoisotopic (exact) mass is 348 g/mol. The van der Waals surface area contributed by atoms with Crippen molar-refractivity contribution in [1.82, 2.24) is 10.2 Å². The van der Waals surface area contributed by atoms with Gasteiger partial charge in [0.2, 0.25) is 0 Å². The molecular formula is C19H28N2O4. The van der Waals surface area contributed by atoms with Gasteiger partial charge in [-0.1, -0.05) is 37.3 Å². The highest BCUT2D eigenvalue weighted by atomic mass is 16.6. The minimum absolute atomic E-state index is 0.245. The van der Waals surface area contributed by atoms with E-state index in [1.807, 2.05) is 58.0 Å². The van der Waals surface area contributed by atoms with E-state index in [0.717, 1.165) is 5.56 Å². The molecule has 0 saturated carbocycles. The molecule has 1 N–H and O–H groups in total. The lowest BCUT2D eigenvalue weighted by molar-refractivity contribution is 0.0448. The summed E-state index contributed by atoms with van der Waals surface area (Å²) < 4.78 is 10.7. The Kier molecular flexibility index (Phi) is 5.93. The summed E-state index contributed by atoms with van der Waals surface area (Å²) in [6, 6.07) is 9.57. The minimum Gasteiger partial charge on any atom is -0.445 e. The first-order valence-corrected chi connectivity index (χ1v) is 8.70. The van der Waals surface area contributed by atoms with Crippen molar-refractivity contribution in [3.8, 4) is 0 Å². The molecule has 6 heteroatoms. The summed E-state index contributed by atoms with van der Waals surface area (Å²) in [5, 5.41) is 2.95. The molecule has 0 bridgehead atoms. The van der Waals surface area contributed by atoms with E-state index in [-0.39, 0.29) is 12.7 Å². The van der Waals surface area contributed by atoms with Crippen molar-refractivity contribution in [3.63, 3.8) is 0 Å². The summed E-state index contributed by atoms with van der Waals surface area (Å²) in [6.45, 7) is 8.70. The molecule has 25 heavy (non-hydrogen) atoms. The van der Waals surface area contributed by atoms with E-state index in [0.29, 0.717) is 25.9 Å². The third-order valence-corrected chi connectivity index (χ3v) is 4.26.